The number of alkyl halides is 5. The molecule has 0 atom stereocenters. The molecule has 0 aliphatic carbocycles. The first kappa shape index (κ1) is 25.4. The van der Waals surface area contributed by atoms with Crippen LogP contribution in [-0.4, -0.2) is 21.2 Å². The fraction of sp³-hybridized carbons (Fsp3) is 0.316. The number of carbonyl (C=O) groups is 2. The molecule has 1 aromatic heterocycles. The van der Waals surface area contributed by atoms with E-state index in [2.05, 4.69) is 4.98 Å². The van der Waals surface area contributed by atoms with Crippen molar-refractivity contribution in [3.05, 3.63) is 56.3 Å². The molecule has 0 aliphatic rings. The zero-order chi connectivity index (χ0) is 23.7. The highest BCUT2D eigenvalue weighted by atomic mass is 35.5. The Bertz CT molecular complexity index is 1030. The summed E-state index contributed by atoms with van der Waals surface area (Å²) in [4.78, 5) is 27.6. The maximum atomic E-state index is 13.7. The Labute approximate surface area is 187 Å². The van der Waals surface area contributed by atoms with Gasteiger partial charge in [0.25, 0.3) is 6.43 Å². The molecule has 168 valence electrons. The Balaban J connectivity index is 2.86. The van der Waals surface area contributed by atoms with Crippen molar-refractivity contribution >= 4 is 46.0 Å². The van der Waals surface area contributed by atoms with Gasteiger partial charge in [0.15, 0.2) is 5.69 Å². The van der Waals surface area contributed by atoms with Gasteiger partial charge in [0.2, 0.25) is 5.12 Å². The Morgan fingerprint density at radius 2 is 1.77 bits per heavy atom. The number of pyridine rings is 1. The van der Waals surface area contributed by atoms with Crippen molar-refractivity contribution in [2.75, 3.05) is 0 Å². The molecular weight excluding hydrogens is 488 g/mol. The molecule has 12 heteroatoms. The van der Waals surface area contributed by atoms with E-state index in [1.807, 2.05) is 0 Å². The molecule has 0 saturated carbocycles. The van der Waals surface area contributed by atoms with Gasteiger partial charge in [-0.05, 0) is 47.9 Å². The summed E-state index contributed by atoms with van der Waals surface area (Å²) < 4.78 is 68.0. The van der Waals surface area contributed by atoms with Gasteiger partial charge in [-0.2, -0.15) is 13.2 Å². The number of nitrogens with zero attached hydrogens (tertiary/aromatic N) is 1. The third-order valence-electron chi connectivity index (χ3n) is 3.93. The van der Waals surface area contributed by atoms with Crippen LogP contribution >= 0.6 is 35.0 Å². The van der Waals surface area contributed by atoms with E-state index in [0.29, 0.717) is 0 Å². The van der Waals surface area contributed by atoms with Crippen LogP contribution in [0.15, 0.2) is 23.1 Å². The number of thioether (sulfide) groups is 1. The van der Waals surface area contributed by atoms with Gasteiger partial charge in [0, 0.05) is 9.92 Å². The number of carboxylic acids is 1. The van der Waals surface area contributed by atoms with E-state index in [4.69, 9.17) is 23.2 Å². The second kappa shape index (κ2) is 9.70. The number of carboxylic acid groups (broad SMARTS) is 1. The van der Waals surface area contributed by atoms with Gasteiger partial charge in [-0.15, -0.1) is 0 Å². The van der Waals surface area contributed by atoms with Crippen molar-refractivity contribution in [2.24, 2.45) is 5.92 Å². The Kier molecular flexibility index (Phi) is 7.94. The third kappa shape index (κ3) is 5.87. The predicted molar refractivity (Wildman–Crippen MR) is 106 cm³/mol. The van der Waals surface area contributed by atoms with Crippen LogP contribution in [-0.2, 0) is 12.6 Å². The monoisotopic (exact) mass is 501 g/mol. The molecule has 0 spiro atoms. The molecule has 0 bridgehead atoms. The quantitative estimate of drug-likeness (QED) is 0.335. The van der Waals surface area contributed by atoms with E-state index in [-0.39, 0.29) is 33.1 Å². The van der Waals surface area contributed by atoms with Gasteiger partial charge in [-0.1, -0.05) is 37.0 Å². The summed E-state index contributed by atoms with van der Waals surface area (Å²) in [6.45, 7) is 3.08. The Morgan fingerprint density at radius 1 is 1.16 bits per heavy atom. The number of benzene rings is 1. The number of hydrogen-bond donors (Lipinski definition) is 1. The lowest BCUT2D eigenvalue weighted by atomic mass is 9.91. The van der Waals surface area contributed by atoms with E-state index in [1.54, 1.807) is 0 Å². The number of aromatic carboxylic acids is 1. The van der Waals surface area contributed by atoms with Crippen molar-refractivity contribution in [2.45, 2.75) is 37.8 Å². The fourth-order valence-electron chi connectivity index (χ4n) is 2.79. The number of rotatable bonds is 6. The lowest BCUT2D eigenvalue weighted by molar-refractivity contribution is -0.141. The Morgan fingerprint density at radius 3 is 2.26 bits per heavy atom. The van der Waals surface area contributed by atoms with Crippen molar-refractivity contribution in [3.63, 3.8) is 0 Å². The summed E-state index contributed by atoms with van der Waals surface area (Å²) in [5, 5.41) is 8.38. The fourth-order valence-corrected chi connectivity index (χ4v) is 4.14. The summed E-state index contributed by atoms with van der Waals surface area (Å²) in [5.74, 6) is -2.37. The van der Waals surface area contributed by atoms with E-state index >= 15 is 0 Å². The lowest BCUT2D eigenvalue weighted by Gasteiger charge is -2.21. The first-order valence-electron chi connectivity index (χ1n) is 8.56. The minimum atomic E-state index is -5.30. The molecule has 0 amide bonds. The zero-order valence-electron chi connectivity index (χ0n) is 15.9. The minimum Gasteiger partial charge on any atom is -0.478 e. The van der Waals surface area contributed by atoms with E-state index in [1.165, 1.54) is 32.0 Å². The third-order valence-corrected chi connectivity index (χ3v) is 5.55. The summed E-state index contributed by atoms with van der Waals surface area (Å²) in [7, 11) is 0. The van der Waals surface area contributed by atoms with Crippen LogP contribution in [0.1, 0.15) is 57.9 Å². The molecule has 2 aromatic rings. The Hall–Kier alpha value is -1.91. The normalized spacial score (nSPS) is 12.0. The van der Waals surface area contributed by atoms with Gasteiger partial charge < -0.3 is 5.11 Å². The zero-order valence-corrected chi connectivity index (χ0v) is 18.2. The standard InChI is InChI=1S/C19H14Cl2F5NO3S/c1-7(2)5-9-12(17(28)29)14(16(22)23)27-15(19(24,25)26)13(9)18(30)31-11-6-8(20)3-4-10(11)21/h3-4,6-7,16H,5H2,1-2H3,(H,28,29). The molecular formula is C19H14Cl2F5NO3S. The molecule has 0 fully saturated rings. The first-order valence-corrected chi connectivity index (χ1v) is 10.1. The molecule has 2 rings (SSSR count). The number of aromatic nitrogens is 1. The second-order valence-electron chi connectivity index (χ2n) is 6.74. The second-order valence-corrected chi connectivity index (χ2v) is 8.60. The molecule has 1 N–H and O–H groups in total. The van der Waals surface area contributed by atoms with Gasteiger partial charge in [0.1, 0.15) is 5.69 Å². The topological polar surface area (TPSA) is 67.3 Å². The largest absolute Gasteiger partial charge is 0.478 e. The molecule has 4 nitrogen and oxygen atoms in total. The highest BCUT2D eigenvalue weighted by molar-refractivity contribution is 8.14. The summed E-state index contributed by atoms with van der Waals surface area (Å²) >= 11 is 12.1. The average Bonchev–Trinajstić information content (AvgIpc) is 2.61. The van der Waals surface area contributed by atoms with Crippen LogP contribution in [0.5, 0.6) is 0 Å². The molecule has 0 radical (unpaired) electrons. The lowest BCUT2D eigenvalue weighted by Crippen LogP contribution is -2.23. The molecule has 0 saturated heterocycles. The van der Waals surface area contributed by atoms with Gasteiger partial charge in [-0.25, -0.2) is 18.6 Å². The smallest absolute Gasteiger partial charge is 0.434 e. The number of hydrogen-bond acceptors (Lipinski definition) is 4. The van der Waals surface area contributed by atoms with Gasteiger partial charge in [-0.3, -0.25) is 4.79 Å². The van der Waals surface area contributed by atoms with Crippen LogP contribution in [0.4, 0.5) is 22.0 Å². The van der Waals surface area contributed by atoms with Crippen LogP contribution < -0.4 is 0 Å². The van der Waals surface area contributed by atoms with Gasteiger partial charge in [0.05, 0.1) is 16.1 Å². The number of carbonyl (C=O) groups excluding carboxylic acids is 1. The van der Waals surface area contributed by atoms with Crippen molar-refractivity contribution < 1.29 is 36.6 Å². The predicted octanol–water partition coefficient (Wildman–Crippen LogP) is 7.17. The van der Waals surface area contributed by atoms with Crippen LogP contribution in [0.3, 0.4) is 0 Å². The molecule has 0 aliphatic heterocycles. The maximum absolute atomic E-state index is 13.7. The van der Waals surface area contributed by atoms with E-state index in [0.717, 1.165) is 0 Å². The van der Waals surface area contributed by atoms with Crippen molar-refractivity contribution in [1.29, 1.82) is 0 Å². The SMILES string of the molecule is CC(C)Cc1c(C(=O)O)c(C(F)F)nc(C(F)(F)F)c1C(=O)Sc1cc(Cl)ccc1Cl. The minimum absolute atomic E-state index is 0.0114. The molecule has 0 unspecified atom stereocenters. The summed E-state index contributed by atoms with van der Waals surface area (Å²) in [6.07, 6.45) is -9.27. The maximum Gasteiger partial charge on any atom is 0.434 e. The number of halogens is 7. The molecule has 1 heterocycles. The van der Waals surface area contributed by atoms with Crippen LogP contribution in [0, 0.1) is 5.92 Å². The average molecular weight is 502 g/mol. The molecule has 1 aromatic carbocycles. The summed E-state index contributed by atoms with van der Waals surface area (Å²) in [5.41, 5.74) is -6.28. The van der Waals surface area contributed by atoms with E-state index in [9.17, 15) is 36.6 Å². The van der Waals surface area contributed by atoms with E-state index < -0.39 is 57.7 Å². The highest BCUT2D eigenvalue weighted by Crippen LogP contribution is 2.41. The van der Waals surface area contributed by atoms with Crippen LogP contribution in [0.25, 0.3) is 0 Å². The highest BCUT2D eigenvalue weighted by Gasteiger charge is 2.42. The molecule has 31 heavy (non-hydrogen) atoms. The van der Waals surface area contributed by atoms with Gasteiger partial charge >= 0.3 is 12.1 Å². The van der Waals surface area contributed by atoms with Crippen molar-refractivity contribution in [3.8, 4) is 0 Å². The van der Waals surface area contributed by atoms with Crippen LogP contribution in [0.2, 0.25) is 10.0 Å². The summed E-state index contributed by atoms with van der Waals surface area (Å²) in [6, 6.07) is 3.95. The van der Waals surface area contributed by atoms with Crippen molar-refractivity contribution in [1.82, 2.24) is 4.98 Å². The first-order chi connectivity index (χ1) is 14.2.